The van der Waals surface area contributed by atoms with Gasteiger partial charge >= 0.3 is 0 Å². The number of carbonyl (C=O) groups is 1. The number of nitrogens with zero attached hydrogens (tertiary/aromatic N) is 1. The second-order valence-electron chi connectivity index (χ2n) is 6.99. The maximum Gasteiger partial charge on any atom is 0.256 e. The summed E-state index contributed by atoms with van der Waals surface area (Å²) in [6, 6.07) is 7.32. The smallest absolute Gasteiger partial charge is 0.256 e. The van der Waals surface area contributed by atoms with Crippen molar-refractivity contribution >= 4 is 62.5 Å². The van der Waals surface area contributed by atoms with Gasteiger partial charge in [-0.1, -0.05) is 0 Å². The van der Waals surface area contributed by atoms with Gasteiger partial charge in [0.2, 0.25) is 0 Å². The molecule has 0 aromatic heterocycles. The van der Waals surface area contributed by atoms with E-state index in [2.05, 4.69) is 10.6 Å². The Hall–Kier alpha value is -1.91. The standard InChI is InChI=1S/C19H18F2I2N5O3/c20-12-5-10(22)1-4-14(12)27-17-11(2-3-13(23)16(17)21)18(29)28-8-19(30,9-28)7-25-15(24)6-26-31/h1-6,25-27,30H,7-9,24H2/q-1. The second kappa shape index (κ2) is 9.70. The summed E-state index contributed by atoms with van der Waals surface area (Å²) in [5.41, 5.74) is 5.69. The number of hydrogen-bond acceptors (Lipinski definition) is 7. The lowest BCUT2D eigenvalue weighted by molar-refractivity contribution is -0.0773. The molecule has 1 fully saturated rings. The van der Waals surface area contributed by atoms with E-state index in [0.29, 0.717) is 3.57 Å². The predicted molar refractivity (Wildman–Crippen MR) is 129 cm³/mol. The summed E-state index contributed by atoms with van der Waals surface area (Å²) in [4.78, 5) is 14.3. The van der Waals surface area contributed by atoms with Crippen molar-refractivity contribution in [3.05, 3.63) is 71.9 Å². The highest BCUT2D eigenvalue weighted by Crippen LogP contribution is 2.32. The van der Waals surface area contributed by atoms with Gasteiger partial charge in [-0.3, -0.25) is 4.79 Å². The van der Waals surface area contributed by atoms with E-state index in [0.717, 1.165) is 6.20 Å². The van der Waals surface area contributed by atoms with Crippen molar-refractivity contribution in [2.75, 3.05) is 25.0 Å². The van der Waals surface area contributed by atoms with E-state index in [-0.39, 0.29) is 46.0 Å². The molecule has 0 aliphatic carbocycles. The number of hydrogen-bond donors (Lipinski definition) is 5. The number of anilines is 2. The lowest BCUT2D eigenvalue weighted by Gasteiger charge is -2.46. The highest BCUT2D eigenvalue weighted by Gasteiger charge is 2.44. The molecule has 31 heavy (non-hydrogen) atoms. The van der Waals surface area contributed by atoms with E-state index >= 15 is 0 Å². The molecule has 0 spiro atoms. The number of nitrogens with one attached hydrogen (secondary N) is 3. The van der Waals surface area contributed by atoms with Crippen LogP contribution in [0, 0.1) is 24.0 Å². The van der Waals surface area contributed by atoms with Gasteiger partial charge in [0, 0.05) is 16.3 Å². The molecule has 2 aromatic carbocycles. The second-order valence-corrected chi connectivity index (χ2v) is 9.40. The fourth-order valence-corrected chi connectivity index (χ4v) is 3.95. The molecule has 0 unspecified atom stereocenters. The minimum Gasteiger partial charge on any atom is -0.761 e. The zero-order valence-electron chi connectivity index (χ0n) is 15.9. The van der Waals surface area contributed by atoms with Crippen molar-refractivity contribution in [3.63, 3.8) is 0 Å². The van der Waals surface area contributed by atoms with Gasteiger partial charge in [-0.05, 0) is 75.5 Å². The van der Waals surface area contributed by atoms with E-state index in [1.807, 2.05) is 22.6 Å². The summed E-state index contributed by atoms with van der Waals surface area (Å²) in [5, 5.41) is 26.1. The molecule has 1 amide bonds. The zero-order chi connectivity index (χ0) is 22.8. The highest BCUT2D eigenvalue weighted by atomic mass is 127. The van der Waals surface area contributed by atoms with Crippen molar-refractivity contribution in [1.82, 2.24) is 15.7 Å². The number of benzene rings is 2. The molecule has 1 saturated heterocycles. The van der Waals surface area contributed by atoms with Crippen LogP contribution >= 0.6 is 45.2 Å². The SMILES string of the molecule is NC(=CN[O-])NCC1(O)CN(C(=O)c2ccc(I)c(F)c2Nc2ccc(I)cc2F)C1. The maximum absolute atomic E-state index is 14.9. The molecule has 8 nitrogen and oxygen atoms in total. The van der Waals surface area contributed by atoms with Gasteiger partial charge in [-0.2, -0.15) is 0 Å². The first-order valence-corrected chi connectivity index (χ1v) is 11.1. The quantitative estimate of drug-likeness (QED) is 0.229. The van der Waals surface area contributed by atoms with Crippen molar-refractivity contribution in [2.45, 2.75) is 5.60 Å². The van der Waals surface area contributed by atoms with Crippen LogP contribution < -0.4 is 21.8 Å². The maximum atomic E-state index is 14.9. The molecule has 0 saturated carbocycles. The first-order valence-electron chi connectivity index (χ1n) is 8.92. The van der Waals surface area contributed by atoms with Crippen LogP contribution in [0.3, 0.4) is 0 Å². The minimum atomic E-state index is -1.26. The van der Waals surface area contributed by atoms with E-state index < -0.39 is 23.1 Å². The predicted octanol–water partition coefficient (Wildman–Crippen LogP) is 2.54. The summed E-state index contributed by atoms with van der Waals surface area (Å²) in [5.74, 6) is -1.73. The van der Waals surface area contributed by atoms with Gasteiger partial charge in [0.25, 0.3) is 5.91 Å². The number of rotatable bonds is 7. The van der Waals surface area contributed by atoms with E-state index in [4.69, 9.17) is 5.73 Å². The average molecular weight is 656 g/mol. The molecule has 0 bridgehead atoms. The van der Waals surface area contributed by atoms with Gasteiger partial charge in [-0.25, -0.2) is 8.78 Å². The highest BCUT2D eigenvalue weighted by molar-refractivity contribution is 14.1. The van der Waals surface area contributed by atoms with Crippen LogP contribution in [0.1, 0.15) is 10.4 Å². The average Bonchev–Trinajstić information content (AvgIpc) is 2.69. The Morgan fingerprint density at radius 3 is 2.65 bits per heavy atom. The molecule has 12 heteroatoms. The van der Waals surface area contributed by atoms with E-state index in [1.54, 1.807) is 28.7 Å². The number of amides is 1. The Balaban J connectivity index is 1.78. The van der Waals surface area contributed by atoms with Crippen LogP contribution in [0.15, 0.2) is 42.4 Å². The van der Waals surface area contributed by atoms with Crippen LogP contribution in [0.2, 0.25) is 0 Å². The zero-order valence-corrected chi connectivity index (χ0v) is 20.2. The Bertz CT molecular complexity index is 1030. The molecule has 0 atom stereocenters. The fourth-order valence-electron chi connectivity index (χ4n) is 3.05. The monoisotopic (exact) mass is 656 g/mol. The number of aliphatic hydroxyl groups is 1. The number of nitrogens with two attached hydrogens (primary N) is 1. The van der Waals surface area contributed by atoms with Crippen LogP contribution in [0.4, 0.5) is 20.2 Å². The van der Waals surface area contributed by atoms with Gasteiger partial charge in [0.05, 0.1) is 33.6 Å². The van der Waals surface area contributed by atoms with Crippen molar-refractivity contribution in [3.8, 4) is 0 Å². The lowest BCUT2D eigenvalue weighted by atomic mass is 9.93. The normalized spacial score (nSPS) is 15.3. The lowest BCUT2D eigenvalue weighted by Crippen LogP contribution is -2.67. The molecule has 2 aromatic rings. The Kier molecular flexibility index (Phi) is 7.43. The van der Waals surface area contributed by atoms with Gasteiger partial charge < -0.3 is 37.1 Å². The molecule has 1 heterocycles. The molecule has 0 radical (unpaired) electrons. The third-order valence-electron chi connectivity index (χ3n) is 4.61. The van der Waals surface area contributed by atoms with Gasteiger partial charge in [0.15, 0.2) is 5.82 Å². The Labute approximate surface area is 204 Å². The Morgan fingerprint density at radius 1 is 1.29 bits per heavy atom. The number of likely N-dealkylation sites (tertiary alicyclic amines) is 1. The van der Waals surface area contributed by atoms with Crippen LogP contribution in [-0.2, 0) is 0 Å². The van der Waals surface area contributed by atoms with Gasteiger partial charge in [0.1, 0.15) is 17.2 Å². The molecule has 3 rings (SSSR count). The minimum absolute atomic E-state index is 0.0147. The molecular formula is C19H18F2I2N5O3-. The largest absolute Gasteiger partial charge is 0.761 e. The number of hydroxylamine groups is 1. The topological polar surface area (TPSA) is 126 Å². The number of halogens is 4. The first kappa shape index (κ1) is 23.7. The summed E-state index contributed by atoms with van der Waals surface area (Å²) in [6.07, 6.45) is 0.987. The summed E-state index contributed by atoms with van der Waals surface area (Å²) >= 11 is 3.75. The fraction of sp³-hybridized carbons (Fsp3) is 0.211. The number of carbonyl (C=O) groups excluding carboxylic acids is 1. The molecule has 6 N–H and O–H groups in total. The molecule has 1 aliphatic rings. The van der Waals surface area contributed by atoms with Crippen LogP contribution in [0.25, 0.3) is 0 Å². The molecular weight excluding hydrogens is 638 g/mol. The van der Waals surface area contributed by atoms with Crippen LogP contribution in [-0.4, -0.2) is 41.1 Å². The van der Waals surface area contributed by atoms with Crippen LogP contribution in [0.5, 0.6) is 0 Å². The van der Waals surface area contributed by atoms with Gasteiger partial charge in [-0.15, -0.1) is 0 Å². The summed E-state index contributed by atoms with van der Waals surface area (Å²) in [6.45, 7) is -0.0372. The van der Waals surface area contributed by atoms with E-state index in [9.17, 15) is 23.9 Å². The number of β-amino-alcohol motifs (C(OH)–C–C–N with tert-alkyl or cyclic N) is 1. The van der Waals surface area contributed by atoms with Crippen molar-refractivity contribution < 1.29 is 18.7 Å². The molecule has 166 valence electrons. The third-order valence-corrected chi connectivity index (χ3v) is 6.11. The van der Waals surface area contributed by atoms with E-state index in [1.165, 1.54) is 34.6 Å². The van der Waals surface area contributed by atoms with Crippen molar-refractivity contribution in [1.29, 1.82) is 0 Å². The summed E-state index contributed by atoms with van der Waals surface area (Å²) < 4.78 is 30.1. The first-order chi connectivity index (χ1) is 14.6. The summed E-state index contributed by atoms with van der Waals surface area (Å²) in [7, 11) is 0. The van der Waals surface area contributed by atoms with Crippen molar-refractivity contribution in [2.24, 2.45) is 5.73 Å². The third kappa shape index (κ3) is 5.48. The molecule has 1 aliphatic heterocycles. The Morgan fingerprint density at radius 2 is 2.00 bits per heavy atom.